The summed E-state index contributed by atoms with van der Waals surface area (Å²) in [6, 6.07) is 5.88. The van der Waals surface area contributed by atoms with Crippen LogP contribution < -0.4 is 20.1 Å². The Hall–Kier alpha value is -1.99. The van der Waals surface area contributed by atoms with Gasteiger partial charge in [0, 0.05) is 38.8 Å². The fourth-order valence-corrected chi connectivity index (χ4v) is 3.09. The third-order valence-corrected chi connectivity index (χ3v) is 4.67. The number of rotatable bonds is 9. The predicted octanol–water partition coefficient (Wildman–Crippen LogP) is 1.55. The Bertz CT molecular complexity index is 586. The maximum absolute atomic E-state index is 9.33. The van der Waals surface area contributed by atoms with Crippen molar-refractivity contribution >= 4 is 5.96 Å². The van der Waals surface area contributed by atoms with Crippen LogP contribution >= 0.6 is 0 Å². The van der Waals surface area contributed by atoms with Crippen LogP contribution in [0.5, 0.6) is 11.5 Å². The summed E-state index contributed by atoms with van der Waals surface area (Å²) in [6.07, 6.45) is 1.68. The molecular weight excluding hydrogens is 334 g/mol. The quantitative estimate of drug-likeness (QED) is 0.455. The molecule has 0 amide bonds. The standard InChI is InChI=1S/C19H31N3O4/c1-4-26-17-11-15(5-6-16(17)24-3)12-21-18(20-2)22-13-19(7-9-23)8-10-25-14-19/h5-6,11,23H,4,7-10,12-14H2,1-3H3,(H2,20,21,22). The van der Waals surface area contributed by atoms with E-state index in [2.05, 4.69) is 15.6 Å². The van der Waals surface area contributed by atoms with E-state index < -0.39 is 0 Å². The molecule has 0 spiro atoms. The van der Waals surface area contributed by atoms with E-state index in [0.29, 0.717) is 19.8 Å². The lowest BCUT2D eigenvalue weighted by Gasteiger charge is -2.27. The summed E-state index contributed by atoms with van der Waals surface area (Å²) in [5.41, 5.74) is 1.06. The monoisotopic (exact) mass is 365 g/mol. The molecule has 3 N–H and O–H groups in total. The maximum atomic E-state index is 9.33. The minimum Gasteiger partial charge on any atom is -0.493 e. The van der Waals surface area contributed by atoms with Crippen molar-refractivity contribution in [1.29, 1.82) is 0 Å². The highest BCUT2D eigenvalue weighted by molar-refractivity contribution is 5.79. The first kappa shape index (κ1) is 20.3. The first-order chi connectivity index (χ1) is 12.7. The van der Waals surface area contributed by atoms with Crippen molar-refractivity contribution in [1.82, 2.24) is 10.6 Å². The first-order valence-electron chi connectivity index (χ1n) is 9.09. The molecule has 26 heavy (non-hydrogen) atoms. The molecule has 1 fully saturated rings. The molecule has 0 saturated carbocycles. The molecular formula is C19H31N3O4. The van der Waals surface area contributed by atoms with Crippen molar-refractivity contribution in [3.8, 4) is 11.5 Å². The van der Waals surface area contributed by atoms with E-state index in [1.807, 2.05) is 25.1 Å². The summed E-state index contributed by atoms with van der Waals surface area (Å²) in [4.78, 5) is 4.28. The zero-order valence-electron chi connectivity index (χ0n) is 16.0. The van der Waals surface area contributed by atoms with Gasteiger partial charge in [-0.3, -0.25) is 4.99 Å². The number of guanidine groups is 1. The van der Waals surface area contributed by atoms with Gasteiger partial charge in [-0.05, 0) is 37.5 Å². The number of benzene rings is 1. The number of aliphatic imine (C=N–C) groups is 1. The number of hydrogen-bond acceptors (Lipinski definition) is 5. The van der Waals surface area contributed by atoms with Gasteiger partial charge in [-0.1, -0.05) is 6.07 Å². The minimum atomic E-state index is -0.0192. The molecule has 0 radical (unpaired) electrons. The Labute approximate surface area is 155 Å². The smallest absolute Gasteiger partial charge is 0.191 e. The lowest BCUT2D eigenvalue weighted by molar-refractivity contribution is 0.127. The number of ether oxygens (including phenoxy) is 3. The normalized spacial score (nSPS) is 20.1. The van der Waals surface area contributed by atoms with Crippen LogP contribution in [0.4, 0.5) is 0 Å². The van der Waals surface area contributed by atoms with E-state index in [-0.39, 0.29) is 12.0 Å². The molecule has 0 bridgehead atoms. The van der Waals surface area contributed by atoms with Crippen LogP contribution in [0.3, 0.4) is 0 Å². The summed E-state index contributed by atoms with van der Waals surface area (Å²) in [5, 5.41) is 16.0. The Balaban J connectivity index is 1.91. The van der Waals surface area contributed by atoms with Gasteiger partial charge in [-0.25, -0.2) is 0 Å². The molecule has 0 aromatic heterocycles. The van der Waals surface area contributed by atoms with Crippen molar-refractivity contribution in [2.45, 2.75) is 26.3 Å². The Kier molecular flexibility index (Phi) is 8.00. The van der Waals surface area contributed by atoms with Crippen molar-refractivity contribution in [3.63, 3.8) is 0 Å². The van der Waals surface area contributed by atoms with Crippen molar-refractivity contribution in [2.24, 2.45) is 10.4 Å². The van der Waals surface area contributed by atoms with Crippen molar-refractivity contribution in [2.75, 3.05) is 47.1 Å². The summed E-state index contributed by atoms with van der Waals surface area (Å²) >= 11 is 0. The molecule has 1 saturated heterocycles. The fraction of sp³-hybridized carbons (Fsp3) is 0.632. The number of nitrogens with one attached hydrogen (secondary N) is 2. The largest absolute Gasteiger partial charge is 0.493 e. The fourth-order valence-electron chi connectivity index (χ4n) is 3.09. The van der Waals surface area contributed by atoms with E-state index in [1.54, 1.807) is 14.2 Å². The average Bonchev–Trinajstić information content (AvgIpc) is 3.11. The maximum Gasteiger partial charge on any atom is 0.191 e. The second-order valence-electron chi connectivity index (χ2n) is 6.47. The molecule has 1 aliphatic rings. The van der Waals surface area contributed by atoms with Gasteiger partial charge in [0.05, 0.1) is 20.3 Å². The lowest BCUT2D eigenvalue weighted by atomic mass is 9.84. The van der Waals surface area contributed by atoms with Crippen LogP contribution in [0.1, 0.15) is 25.3 Å². The Morgan fingerprint density at radius 3 is 2.81 bits per heavy atom. The predicted molar refractivity (Wildman–Crippen MR) is 102 cm³/mol. The molecule has 1 unspecified atom stereocenters. The molecule has 1 aromatic rings. The van der Waals surface area contributed by atoms with Crippen LogP contribution in [-0.2, 0) is 11.3 Å². The van der Waals surface area contributed by atoms with Crippen molar-refractivity contribution in [3.05, 3.63) is 23.8 Å². The average molecular weight is 365 g/mol. The highest BCUT2D eigenvalue weighted by Crippen LogP contribution is 2.31. The van der Waals surface area contributed by atoms with Crippen LogP contribution in [0, 0.1) is 5.41 Å². The van der Waals surface area contributed by atoms with Crippen LogP contribution in [0.2, 0.25) is 0 Å². The third kappa shape index (κ3) is 5.51. The molecule has 1 aliphatic heterocycles. The van der Waals surface area contributed by atoms with Crippen LogP contribution in [0.25, 0.3) is 0 Å². The van der Waals surface area contributed by atoms with Crippen LogP contribution in [0.15, 0.2) is 23.2 Å². The number of aliphatic hydroxyl groups excluding tert-OH is 1. The lowest BCUT2D eigenvalue weighted by Crippen LogP contribution is -2.44. The molecule has 2 rings (SSSR count). The molecule has 1 atom stereocenters. The van der Waals surface area contributed by atoms with Gasteiger partial charge < -0.3 is 30.0 Å². The van der Waals surface area contributed by atoms with E-state index in [1.165, 1.54) is 0 Å². The highest BCUT2D eigenvalue weighted by Gasteiger charge is 2.34. The van der Waals surface area contributed by atoms with Crippen molar-refractivity contribution < 1.29 is 19.3 Å². The molecule has 1 aromatic carbocycles. The Morgan fingerprint density at radius 1 is 1.35 bits per heavy atom. The summed E-state index contributed by atoms with van der Waals surface area (Å²) < 4.78 is 16.5. The second kappa shape index (κ2) is 10.2. The van der Waals surface area contributed by atoms with Gasteiger partial charge in [-0.2, -0.15) is 0 Å². The zero-order valence-corrected chi connectivity index (χ0v) is 16.0. The number of methoxy groups -OCH3 is 1. The van der Waals surface area contributed by atoms with E-state index in [4.69, 9.17) is 14.2 Å². The van der Waals surface area contributed by atoms with Gasteiger partial charge in [0.25, 0.3) is 0 Å². The highest BCUT2D eigenvalue weighted by atomic mass is 16.5. The summed E-state index contributed by atoms with van der Waals surface area (Å²) in [5.74, 6) is 2.19. The van der Waals surface area contributed by atoms with E-state index >= 15 is 0 Å². The number of hydrogen-bond donors (Lipinski definition) is 3. The molecule has 7 heteroatoms. The van der Waals surface area contributed by atoms with Gasteiger partial charge in [0.2, 0.25) is 0 Å². The molecule has 146 valence electrons. The summed E-state index contributed by atoms with van der Waals surface area (Å²) in [7, 11) is 3.38. The Morgan fingerprint density at radius 2 is 2.19 bits per heavy atom. The minimum absolute atomic E-state index is 0.0192. The molecule has 0 aliphatic carbocycles. The second-order valence-corrected chi connectivity index (χ2v) is 6.47. The van der Waals surface area contributed by atoms with Gasteiger partial charge >= 0.3 is 0 Å². The summed E-state index contributed by atoms with van der Waals surface area (Å²) in [6.45, 7) is 5.47. The first-order valence-corrected chi connectivity index (χ1v) is 9.09. The van der Waals surface area contributed by atoms with Gasteiger partial charge in [-0.15, -0.1) is 0 Å². The number of nitrogens with zero attached hydrogens (tertiary/aromatic N) is 1. The van der Waals surface area contributed by atoms with Gasteiger partial charge in [0.1, 0.15) is 0 Å². The molecule has 1 heterocycles. The molecule has 7 nitrogen and oxygen atoms in total. The van der Waals surface area contributed by atoms with Gasteiger partial charge in [0.15, 0.2) is 17.5 Å². The third-order valence-electron chi connectivity index (χ3n) is 4.67. The van der Waals surface area contributed by atoms with E-state index in [9.17, 15) is 5.11 Å². The zero-order chi connectivity index (χ0) is 18.8. The SMILES string of the molecule is CCOc1cc(CNC(=NC)NCC2(CCO)CCOC2)ccc1OC. The topological polar surface area (TPSA) is 84.3 Å². The van der Waals surface area contributed by atoms with E-state index in [0.717, 1.165) is 49.0 Å². The number of aliphatic hydroxyl groups is 1. The van der Waals surface area contributed by atoms with Crippen LogP contribution in [-0.4, -0.2) is 58.2 Å².